The molecule has 19 heteroatoms. The van der Waals surface area contributed by atoms with Crippen molar-refractivity contribution in [3.05, 3.63) is 24.3 Å². The first kappa shape index (κ1) is 90.5. The smallest absolute Gasteiger partial charge is 0.462 e. The third-order valence-corrected chi connectivity index (χ3v) is 18.8. The average molecular weight is 1360 g/mol. The van der Waals surface area contributed by atoms with Gasteiger partial charge in [0, 0.05) is 25.7 Å². The van der Waals surface area contributed by atoms with E-state index in [0.717, 1.165) is 121 Å². The molecule has 0 aromatic carbocycles. The molecule has 6 atom stereocenters. The summed E-state index contributed by atoms with van der Waals surface area (Å²) >= 11 is 0. The SMILES string of the molecule is CCCCCC/C=C\C=C/CCCCCCCC(=O)OC[C@H](COP(=O)(O)OC[C@@H](O)COP(=O)(O)OC[C@@H](COC(=O)CCCCCCCCCCCC)OC(=O)CCCCCCCCCCC(C)CC)OC(=O)CCCCCCCCCCCCCCCC(C)C. The first-order chi connectivity index (χ1) is 44.9. The summed E-state index contributed by atoms with van der Waals surface area (Å²) in [5, 5.41) is 10.6. The van der Waals surface area contributed by atoms with Crippen LogP contribution in [0, 0.1) is 11.8 Å². The normalized spacial score (nSPS) is 14.5. The number of carbonyl (C=O) groups excluding carboxylic acids is 4. The van der Waals surface area contributed by atoms with E-state index in [1.165, 1.54) is 154 Å². The van der Waals surface area contributed by atoms with Crippen molar-refractivity contribution in [1.82, 2.24) is 0 Å². The Hall–Kier alpha value is -2.46. The van der Waals surface area contributed by atoms with Crippen LogP contribution in [0.15, 0.2) is 24.3 Å². The Kier molecular flexibility index (Phi) is 63.7. The van der Waals surface area contributed by atoms with Crippen molar-refractivity contribution in [2.75, 3.05) is 39.6 Å². The highest BCUT2D eigenvalue weighted by atomic mass is 31.2. The van der Waals surface area contributed by atoms with Crippen molar-refractivity contribution in [2.45, 2.75) is 374 Å². The van der Waals surface area contributed by atoms with Crippen LogP contribution in [0.4, 0.5) is 0 Å². The van der Waals surface area contributed by atoms with Gasteiger partial charge in [-0.25, -0.2) is 9.13 Å². The third-order valence-electron chi connectivity index (χ3n) is 16.9. The first-order valence-corrected chi connectivity index (χ1v) is 40.8. The highest BCUT2D eigenvalue weighted by molar-refractivity contribution is 7.47. The zero-order valence-corrected chi connectivity index (χ0v) is 61.8. The largest absolute Gasteiger partial charge is 0.472 e. The van der Waals surface area contributed by atoms with E-state index in [9.17, 15) is 43.2 Å². The van der Waals surface area contributed by atoms with Gasteiger partial charge in [-0.05, 0) is 63.2 Å². The number of unbranched alkanes of at least 4 members (excludes halogenated alkanes) is 37. The Morgan fingerprint density at radius 1 is 0.355 bits per heavy atom. The molecule has 0 aliphatic heterocycles. The monoisotopic (exact) mass is 1360 g/mol. The van der Waals surface area contributed by atoms with E-state index >= 15 is 0 Å². The van der Waals surface area contributed by atoms with Crippen LogP contribution in [0.5, 0.6) is 0 Å². The molecule has 0 saturated carbocycles. The highest BCUT2D eigenvalue weighted by Gasteiger charge is 2.30. The summed E-state index contributed by atoms with van der Waals surface area (Å²) in [5.41, 5.74) is 0. The van der Waals surface area contributed by atoms with Gasteiger partial charge < -0.3 is 33.8 Å². The molecule has 0 radical (unpaired) electrons. The Bertz CT molecular complexity index is 1900. The molecule has 0 aliphatic rings. The number of allylic oxidation sites excluding steroid dienone is 4. The minimum Gasteiger partial charge on any atom is -0.462 e. The van der Waals surface area contributed by atoms with Gasteiger partial charge in [0.25, 0.3) is 0 Å². The minimum atomic E-state index is -4.96. The summed E-state index contributed by atoms with van der Waals surface area (Å²) in [6.07, 6.45) is 54.8. The molecule has 0 saturated heterocycles. The summed E-state index contributed by atoms with van der Waals surface area (Å²) in [6.45, 7) is 9.51. The number of ether oxygens (including phenoxy) is 4. The molecule has 17 nitrogen and oxygen atoms in total. The van der Waals surface area contributed by atoms with E-state index in [1.54, 1.807) is 0 Å². The fourth-order valence-electron chi connectivity index (χ4n) is 10.7. The number of phosphoric ester groups is 2. The lowest BCUT2D eigenvalue weighted by Crippen LogP contribution is -2.30. The topological polar surface area (TPSA) is 237 Å². The molecule has 0 heterocycles. The molecule has 3 unspecified atom stereocenters. The van der Waals surface area contributed by atoms with Crippen LogP contribution in [0.2, 0.25) is 0 Å². The molecule has 0 fully saturated rings. The Labute approximate surface area is 567 Å². The fraction of sp³-hybridized carbons (Fsp3) is 0.892. The molecule has 0 spiro atoms. The molecular weight excluding hydrogens is 1220 g/mol. The van der Waals surface area contributed by atoms with E-state index in [1.807, 2.05) is 0 Å². The zero-order chi connectivity index (χ0) is 68.6. The van der Waals surface area contributed by atoms with E-state index in [0.29, 0.717) is 25.7 Å². The number of phosphoric acid groups is 2. The van der Waals surface area contributed by atoms with Gasteiger partial charge >= 0.3 is 39.5 Å². The number of esters is 4. The zero-order valence-electron chi connectivity index (χ0n) is 60.0. The number of rotatable bonds is 71. The van der Waals surface area contributed by atoms with Crippen LogP contribution in [-0.2, 0) is 65.4 Å². The predicted octanol–water partition coefficient (Wildman–Crippen LogP) is 21.1. The number of aliphatic hydroxyl groups excluding tert-OH is 1. The van der Waals surface area contributed by atoms with Gasteiger partial charge in [0.2, 0.25) is 0 Å². The molecule has 93 heavy (non-hydrogen) atoms. The van der Waals surface area contributed by atoms with Crippen molar-refractivity contribution in [1.29, 1.82) is 0 Å². The molecule has 0 amide bonds. The van der Waals surface area contributed by atoms with Crippen LogP contribution in [0.1, 0.15) is 356 Å². The van der Waals surface area contributed by atoms with Crippen molar-refractivity contribution in [3.8, 4) is 0 Å². The first-order valence-electron chi connectivity index (χ1n) is 37.8. The number of hydrogen-bond donors (Lipinski definition) is 3. The lowest BCUT2D eigenvalue weighted by molar-refractivity contribution is -0.161. The van der Waals surface area contributed by atoms with Crippen LogP contribution in [-0.4, -0.2) is 96.7 Å². The lowest BCUT2D eigenvalue weighted by Gasteiger charge is -2.21. The van der Waals surface area contributed by atoms with Gasteiger partial charge in [0.15, 0.2) is 12.2 Å². The minimum absolute atomic E-state index is 0.100. The maximum absolute atomic E-state index is 13.1. The Morgan fingerprint density at radius 2 is 0.634 bits per heavy atom. The van der Waals surface area contributed by atoms with Crippen LogP contribution < -0.4 is 0 Å². The summed E-state index contributed by atoms with van der Waals surface area (Å²) in [6, 6.07) is 0. The fourth-order valence-corrected chi connectivity index (χ4v) is 12.3. The van der Waals surface area contributed by atoms with E-state index in [2.05, 4.69) is 65.8 Å². The molecule has 0 aromatic heterocycles. The molecule has 0 rings (SSSR count). The van der Waals surface area contributed by atoms with Crippen molar-refractivity contribution in [2.24, 2.45) is 11.8 Å². The van der Waals surface area contributed by atoms with Crippen LogP contribution >= 0.6 is 15.6 Å². The number of aliphatic hydroxyl groups is 1. The second-order valence-corrected chi connectivity index (χ2v) is 29.6. The molecule has 0 bridgehead atoms. The van der Waals surface area contributed by atoms with Gasteiger partial charge in [0.1, 0.15) is 19.3 Å². The second kappa shape index (κ2) is 65.5. The molecule has 0 aromatic rings. The molecule has 0 aliphatic carbocycles. The molecular formula is C74H140O17P2. The summed E-state index contributed by atoms with van der Waals surface area (Å²) in [7, 11) is -9.92. The van der Waals surface area contributed by atoms with Gasteiger partial charge in [-0.1, -0.05) is 303 Å². The average Bonchev–Trinajstić information content (AvgIpc) is 2.52. The quantitative estimate of drug-likeness (QED) is 0.0169. The van der Waals surface area contributed by atoms with Crippen molar-refractivity contribution in [3.63, 3.8) is 0 Å². The van der Waals surface area contributed by atoms with E-state index in [-0.39, 0.29) is 25.7 Å². The maximum Gasteiger partial charge on any atom is 0.472 e. The molecule has 548 valence electrons. The van der Waals surface area contributed by atoms with Crippen molar-refractivity contribution >= 4 is 39.5 Å². The number of carbonyl (C=O) groups is 4. The highest BCUT2D eigenvalue weighted by Crippen LogP contribution is 2.45. The predicted molar refractivity (Wildman–Crippen MR) is 377 cm³/mol. The Morgan fingerprint density at radius 3 is 0.968 bits per heavy atom. The Balaban J connectivity index is 5.29. The summed E-state index contributed by atoms with van der Waals surface area (Å²) in [5.74, 6) is -0.598. The third kappa shape index (κ3) is 66.6. The summed E-state index contributed by atoms with van der Waals surface area (Å²) < 4.78 is 68.4. The second-order valence-electron chi connectivity index (χ2n) is 26.7. The summed E-state index contributed by atoms with van der Waals surface area (Å²) in [4.78, 5) is 72.7. The lowest BCUT2D eigenvalue weighted by atomic mass is 9.99. The van der Waals surface area contributed by atoms with Gasteiger partial charge in [-0.15, -0.1) is 0 Å². The van der Waals surface area contributed by atoms with Crippen molar-refractivity contribution < 1.29 is 80.2 Å². The standard InChI is InChI=1S/C74H140O17P2/c1-7-10-12-14-16-18-20-21-22-25-28-32-39-45-51-57-72(77)85-62-69(90-73(78)58-52-46-40-33-29-26-23-24-27-30-36-42-48-54-66(4)5)64-88-92(80,81)86-60-68(75)61-87-93(82,83)89-65-70(63-84-71(76)56-50-44-38-31-19-17-15-13-11-8-2)91-74(79)59-53-47-41-35-34-37-43-49-55-67(6)9-3/h18,20-22,66-70,75H,7-17,19,23-65H2,1-6H3,(H,80,81)(H,82,83)/b20-18-,22-21-/t67?,68-,69-,70-/m1/s1. The van der Waals surface area contributed by atoms with E-state index < -0.39 is 97.5 Å². The van der Waals surface area contributed by atoms with Gasteiger partial charge in [0.05, 0.1) is 26.4 Å². The number of hydrogen-bond acceptors (Lipinski definition) is 15. The van der Waals surface area contributed by atoms with Crippen LogP contribution in [0.3, 0.4) is 0 Å². The van der Waals surface area contributed by atoms with Gasteiger partial charge in [-0.3, -0.25) is 37.3 Å². The molecule has 3 N–H and O–H groups in total. The van der Waals surface area contributed by atoms with E-state index in [4.69, 9.17) is 37.0 Å². The van der Waals surface area contributed by atoms with Crippen LogP contribution in [0.25, 0.3) is 0 Å². The van der Waals surface area contributed by atoms with Gasteiger partial charge in [-0.2, -0.15) is 0 Å². The maximum atomic E-state index is 13.1.